The molecule has 0 unspecified atom stereocenters. The maximum absolute atomic E-state index is 12.6. The van der Waals surface area contributed by atoms with Crippen molar-refractivity contribution in [2.45, 2.75) is 26.8 Å². The number of nitrogens with one attached hydrogen (secondary N) is 1. The van der Waals surface area contributed by atoms with Gasteiger partial charge in [-0.25, -0.2) is 0 Å². The second-order valence-corrected chi connectivity index (χ2v) is 7.47. The Morgan fingerprint density at radius 1 is 1.12 bits per heavy atom. The van der Waals surface area contributed by atoms with Crippen molar-refractivity contribution in [3.63, 3.8) is 0 Å². The Hall–Kier alpha value is -2.43. The molecule has 0 radical (unpaired) electrons. The molecule has 1 aromatic carbocycles. The van der Waals surface area contributed by atoms with Crippen LogP contribution in [0.25, 0.3) is 0 Å². The van der Waals surface area contributed by atoms with E-state index in [1.54, 1.807) is 0 Å². The lowest BCUT2D eigenvalue weighted by molar-refractivity contribution is -0.144. The molecular weight excluding hydrogens is 316 g/mol. The molecule has 25 heavy (non-hydrogen) atoms. The Morgan fingerprint density at radius 3 is 2.36 bits per heavy atom. The molecule has 5 heteroatoms. The third-order valence-corrected chi connectivity index (χ3v) is 5.84. The van der Waals surface area contributed by atoms with Crippen LogP contribution in [0.3, 0.4) is 0 Å². The summed E-state index contributed by atoms with van der Waals surface area (Å²) in [6, 6.07) is 6.07. The summed E-state index contributed by atoms with van der Waals surface area (Å²) in [5, 5.41) is 2.83. The van der Waals surface area contributed by atoms with Crippen LogP contribution in [0.15, 0.2) is 30.4 Å². The summed E-state index contributed by atoms with van der Waals surface area (Å²) < 4.78 is 0. The number of benzene rings is 1. The monoisotopic (exact) mass is 338 g/mol. The van der Waals surface area contributed by atoms with Gasteiger partial charge in [0.25, 0.3) is 0 Å². The number of aryl methyl sites for hydroxylation is 2. The minimum Gasteiger partial charge on any atom is -0.350 e. The fraction of sp³-hybridized carbons (Fsp3) is 0.450. The van der Waals surface area contributed by atoms with E-state index in [1.165, 1.54) is 10.5 Å². The molecule has 0 spiro atoms. The second kappa shape index (κ2) is 5.83. The number of amides is 3. The zero-order valence-corrected chi connectivity index (χ0v) is 14.5. The van der Waals surface area contributed by atoms with Crippen LogP contribution in [0.5, 0.6) is 0 Å². The first-order valence-electron chi connectivity index (χ1n) is 8.82. The number of imide groups is 1. The molecule has 2 aliphatic carbocycles. The third-order valence-electron chi connectivity index (χ3n) is 5.84. The summed E-state index contributed by atoms with van der Waals surface area (Å²) in [7, 11) is 0. The number of allylic oxidation sites excluding steroid dienone is 2. The lowest BCUT2D eigenvalue weighted by Gasteiger charge is -2.17. The van der Waals surface area contributed by atoms with Crippen molar-refractivity contribution in [1.29, 1.82) is 0 Å². The minimum absolute atomic E-state index is 0.172. The summed E-state index contributed by atoms with van der Waals surface area (Å²) in [6.45, 7) is 4.26. The largest absolute Gasteiger partial charge is 0.350 e. The lowest BCUT2D eigenvalue weighted by Crippen LogP contribution is -2.41. The highest BCUT2D eigenvalue weighted by molar-refractivity contribution is 6.08. The molecule has 1 N–H and O–H groups in total. The number of hydrogen-bond acceptors (Lipinski definition) is 3. The van der Waals surface area contributed by atoms with Gasteiger partial charge < -0.3 is 5.32 Å². The Labute approximate surface area is 147 Å². The van der Waals surface area contributed by atoms with Gasteiger partial charge >= 0.3 is 0 Å². The number of fused-ring (bicyclic) bond motifs is 5. The predicted octanol–water partition coefficient (Wildman–Crippen LogP) is 1.73. The van der Waals surface area contributed by atoms with Crippen molar-refractivity contribution < 1.29 is 14.4 Å². The van der Waals surface area contributed by atoms with Crippen LogP contribution in [-0.2, 0) is 20.9 Å². The average Bonchev–Trinajstić information content (AvgIpc) is 3.24. The molecule has 3 amide bonds. The summed E-state index contributed by atoms with van der Waals surface area (Å²) in [6.07, 6.45) is 5.01. The summed E-state index contributed by atoms with van der Waals surface area (Å²) in [5.74, 6) is -0.766. The van der Waals surface area contributed by atoms with Gasteiger partial charge in [0.15, 0.2) is 0 Å². The van der Waals surface area contributed by atoms with Gasteiger partial charge in [0.2, 0.25) is 17.7 Å². The van der Waals surface area contributed by atoms with Crippen molar-refractivity contribution >= 4 is 17.7 Å². The van der Waals surface area contributed by atoms with Crippen LogP contribution < -0.4 is 5.32 Å². The van der Waals surface area contributed by atoms with Crippen molar-refractivity contribution in [3.05, 3.63) is 47.0 Å². The molecule has 2 fully saturated rings. The van der Waals surface area contributed by atoms with Crippen LogP contribution in [0.4, 0.5) is 0 Å². The van der Waals surface area contributed by atoms with Gasteiger partial charge in [-0.15, -0.1) is 0 Å². The average molecular weight is 338 g/mol. The molecule has 1 aliphatic heterocycles. The molecule has 4 atom stereocenters. The Morgan fingerprint density at radius 2 is 1.76 bits per heavy atom. The summed E-state index contributed by atoms with van der Waals surface area (Å²) in [5.41, 5.74) is 3.33. The fourth-order valence-corrected chi connectivity index (χ4v) is 4.56. The van der Waals surface area contributed by atoms with Gasteiger partial charge in [0, 0.05) is 6.54 Å². The van der Waals surface area contributed by atoms with Gasteiger partial charge in [0.1, 0.15) is 6.54 Å². The minimum atomic E-state index is -0.290. The van der Waals surface area contributed by atoms with E-state index in [0.717, 1.165) is 17.5 Å². The maximum atomic E-state index is 12.6. The highest BCUT2D eigenvalue weighted by atomic mass is 16.2. The molecule has 2 bridgehead atoms. The Bertz CT molecular complexity index is 768. The number of nitrogens with zero attached hydrogens (tertiary/aromatic N) is 1. The molecular formula is C20H22N2O3. The normalized spacial score (nSPS) is 29.4. The van der Waals surface area contributed by atoms with E-state index in [4.69, 9.17) is 0 Å². The van der Waals surface area contributed by atoms with Crippen LogP contribution in [0, 0.1) is 37.5 Å². The number of likely N-dealkylation sites (tertiary alicyclic amines) is 1. The van der Waals surface area contributed by atoms with E-state index in [2.05, 4.69) is 23.5 Å². The number of rotatable bonds is 4. The molecule has 5 nitrogen and oxygen atoms in total. The highest BCUT2D eigenvalue weighted by Crippen LogP contribution is 2.52. The third kappa shape index (κ3) is 2.58. The molecule has 1 saturated heterocycles. The quantitative estimate of drug-likeness (QED) is 0.671. The molecule has 4 rings (SSSR count). The fourth-order valence-electron chi connectivity index (χ4n) is 4.56. The van der Waals surface area contributed by atoms with Gasteiger partial charge in [-0.05, 0) is 43.2 Å². The van der Waals surface area contributed by atoms with Crippen molar-refractivity contribution in [1.82, 2.24) is 10.2 Å². The van der Waals surface area contributed by atoms with Crippen LogP contribution >= 0.6 is 0 Å². The van der Waals surface area contributed by atoms with E-state index in [-0.39, 0.29) is 47.9 Å². The molecule has 3 aliphatic rings. The highest BCUT2D eigenvalue weighted by Gasteiger charge is 2.59. The van der Waals surface area contributed by atoms with Gasteiger partial charge in [-0.2, -0.15) is 0 Å². The summed E-state index contributed by atoms with van der Waals surface area (Å²) >= 11 is 0. The Kier molecular flexibility index (Phi) is 3.74. The van der Waals surface area contributed by atoms with Crippen molar-refractivity contribution in [2.75, 3.05) is 6.54 Å². The first-order valence-corrected chi connectivity index (χ1v) is 8.82. The van der Waals surface area contributed by atoms with Crippen molar-refractivity contribution in [2.24, 2.45) is 23.7 Å². The zero-order valence-electron chi connectivity index (χ0n) is 14.5. The van der Waals surface area contributed by atoms with E-state index in [1.807, 2.05) is 26.0 Å². The van der Waals surface area contributed by atoms with Crippen LogP contribution in [-0.4, -0.2) is 29.2 Å². The molecule has 1 aromatic rings. The van der Waals surface area contributed by atoms with E-state index in [9.17, 15) is 14.4 Å². The van der Waals surface area contributed by atoms with Gasteiger partial charge in [0.05, 0.1) is 11.8 Å². The van der Waals surface area contributed by atoms with E-state index in [0.29, 0.717) is 6.54 Å². The molecule has 1 saturated carbocycles. The zero-order chi connectivity index (χ0) is 17.7. The smallest absolute Gasteiger partial charge is 0.240 e. The van der Waals surface area contributed by atoms with E-state index >= 15 is 0 Å². The second-order valence-electron chi connectivity index (χ2n) is 7.47. The van der Waals surface area contributed by atoms with Crippen molar-refractivity contribution in [3.8, 4) is 0 Å². The number of carbonyl (C=O) groups excluding carboxylic acids is 3. The Balaban J connectivity index is 1.38. The van der Waals surface area contributed by atoms with E-state index < -0.39 is 0 Å². The van der Waals surface area contributed by atoms with Gasteiger partial charge in [-0.1, -0.05) is 35.9 Å². The maximum Gasteiger partial charge on any atom is 0.240 e. The molecule has 0 aromatic heterocycles. The predicted molar refractivity (Wildman–Crippen MR) is 92.2 cm³/mol. The number of carbonyl (C=O) groups is 3. The van der Waals surface area contributed by atoms with Gasteiger partial charge in [-0.3, -0.25) is 19.3 Å². The first-order chi connectivity index (χ1) is 12.0. The van der Waals surface area contributed by atoms with Crippen LogP contribution in [0.2, 0.25) is 0 Å². The standard InChI is InChI=1S/C20H22N2O3/c1-11-3-4-15(12(2)7-11)9-21-16(23)10-22-19(24)17-13-5-6-14(8-13)18(17)20(22)25/h3-7,13-14,17-18H,8-10H2,1-2H3,(H,21,23)/t13-,14-,17-,18-/m0/s1. The SMILES string of the molecule is Cc1ccc(CNC(=O)CN2C(=O)[C@@H]3[C@@H](C2=O)[C@H]2C=C[C@H]3C2)c(C)c1. The summed E-state index contributed by atoms with van der Waals surface area (Å²) in [4.78, 5) is 38.6. The molecule has 130 valence electrons. The lowest BCUT2D eigenvalue weighted by atomic mass is 9.85. The topological polar surface area (TPSA) is 66.5 Å². The van der Waals surface area contributed by atoms with Crippen LogP contribution in [0.1, 0.15) is 23.1 Å². The number of hydrogen-bond donors (Lipinski definition) is 1. The molecule has 1 heterocycles. The first kappa shape index (κ1) is 16.1.